The van der Waals surface area contributed by atoms with E-state index in [1.807, 2.05) is 12.1 Å². The maximum absolute atomic E-state index is 14.6. The fourth-order valence-corrected chi connectivity index (χ4v) is 11.6. The molecule has 3 aliphatic heterocycles. The summed E-state index contributed by atoms with van der Waals surface area (Å²) in [5.74, 6) is -6.36. The molecule has 0 aromatic heterocycles. The number of nitrogens with zero attached hydrogens (tertiary/aromatic N) is 2. The quantitative estimate of drug-likeness (QED) is 0.0588. The lowest BCUT2D eigenvalue weighted by molar-refractivity contribution is -0.160. The summed E-state index contributed by atoms with van der Waals surface area (Å²) in [6.07, 6.45) is 11.7. The van der Waals surface area contributed by atoms with E-state index in [-0.39, 0.29) is 50.0 Å². The molecule has 3 heterocycles. The van der Waals surface area contributed by atoms with E-state index in [0.29, 0.717) is 17.8 Å². The van der Waals surface area contributed by atoms with Gasteiger partial charge in [0.2, 0.25) is 0 Å². The van der Waals surface area contributed by atoms with Crippen LogP contribution in [0.15, 0.2) is 41.2 Å². The van der Waals surface area contributed by atoms with Gasteiger partial charge in [-0.15, -0.1) is 0 Å². The summed E-state index contributed by atoms with van der Waals surface area (Å²) >= 11 is 0. The van der Waals surface area contributed by atoms with Gasteiger partial charge in [-0.2, -0.15) is 5.10 Å². The van der Waals surface area contributed by atoms with Crippen LogP contribution in [0.25, 0.3) is 10.8 Å². The number of ether oxygens (including phenoxy) is 4. The van der Waals surface area contributed by atoms with Gasteiger partial charge in [0.15, 0.2) is 5.75 Å². The summed E-state index contributed by atoms with van der Waals surface area (Å²) in [7, 11) is 3.36. The summed E-state index contributed by atoms with van der Waals surface area (Å²) in [6.45, 7) is 12.6. The largest absolute Gasteiger partial charge is 0.507 e. The average Bonchev–Trinajstić information content (AvgIpc) is 3.51. The summed E-state index contributed by atoms with van der Waals surface area (Å²) < 4.78 is 23.8. The van der Waals surface area contributed by atoms with Crippen molar-refractivity contribution in [2.45, 2.75) is 130 Å². The van der Waals surface area contributed by atoms with Crippen LogP contribution in [0.2, 0.25) is 0 Å². The summed E-state index contributed by atoms with van der Waals surface area (Å²) in [5, 5.41) is 68.3. The van der Waals surface area contributed by atoms with Crippen LogP contribution in [0.3, 0.4) is 0 Å². The van der Waals surface area contributed by atoms with Crippen LogP contribution >= 0.6 is 0 Å². The molecule has 4 saturated carbocycles. The van der Waals surface area contributed by atoms with Gasteiger partial charge in [-0.3, -0.25) is 19.4 Å². The van der Waals surface area contributed by atoms with Gasteiger partial charge in [-0.05, 0) is 76.2 Å². The molecule has 0 saturated heterocycles. The van der Waals surface area contributed by atoms with Gasteiger partial charge in [0.05, 0.1) is 58.5 Å². The van der Waals surface area contributed by atoms with Crippen molar-refractivity contribution < 1.29 is 58.9 Å². The topological polar surface area (TPSA) is 217 Å². The van der Waals surface area contributed by atoms with Gasteiger partial charge < -0.3 is 49.8 Å². The molecule has 2 aromatic carbocycles. The second kappa shape index (κ2) is 17.7. The normalized spacial score (nSPS) is 35.4. The minimum absolute atomic E-state index is 0.0690. The molecule has 1 amide bonds. The number of aliphatic hydroxyl groups excluding tert-OH is 2. The zero-order chi connectivity index (χ0) is 46.7. The highest BCUT2D eigenvalue weighted by atomic mass is 16.7. The molecule has 15 nitrogen and oxygen atoms in total. The molecule has 9 rings (SSSR count). The number of carbonyl (C=O) groups is 3. The molecule has 64 heavy (non-hydrogen) atoms. The number of amides is 1. The van der Waals surface area contributed by atoms with Gasteiger partial charge in [0.25, 0.3) is 11.7 Å². The van der Waals surface area contributed by atoms with Crippen LogP contribution in [0.1, 0.15) is 108 Å². The van der Waals surface area contributed by atoms with Crippen molar-refractivity contribution >= 4 is 40.3 Å². The number of carbonyl (C=O) groups excluding carboxylic acids is 3. The van der Waals surface area contributed by atoms with E-state index >= 15 is 0 Å². The first kappa shape index (κ1) is 46.9. The van der Waals surface area contributed by atoms with Crippen LogP contribution < -0.4 is 10.1 Å². The van der Waals surface area contributed by atoms with Gasteiger partial charge in [-0.1, -0.05) is 45.9 Å². The van der Waals surface area contributed by atoms with Crippen molar-refractivity contribution in [2.75, 3.05) is 19.5 Å². The van der Waals surface area contributed by atoms with Crippen molar-refractivity contribution in [3.63, 3.8) is 0 Å². The Kier molecular flexibility index (Phi) is 13.0. The maximum atomic E-state index is 14.6. The number of nitrogens with one attached hydrogen (secondary N) is 1. The van der Waals surface area contributed by atoms with E-state index in [4.69, 9.17) is 24.0 Å². The fraction of sp³-hybridized carbons (Fsp3) is 0.592. The molecule has 9 atom stereocenters. The van der Waals surface area contributed by atoms with E-state index in [9.17, 15) is 39.9 Å². The van der Waals surface area contributed by atoms with E-state index in [0.717, 1.165) is 19.3 Å². The Morgan fingerprint density at radius 2 is 1.53 bits per heavy atom. The highest BCUT2D eigenvalue weighted by Crippen LogP contribution is 2.58. The number of methoxy groups -OCH3 is 1. The SMILES string of the molecule is COC1C=COC2(C)Oc3c(C)c(O)c4c(O)c(c(/C=N/N(C)C56CC7CC(CC(C7)C5)C6)c(O)c4c3C2=O)NC(=O)C(C)=CC=CC(C)C(O)C(C)C(O)C(C)C(OC(C)=O)C1C. The Bertz CT molecular complexity index is 2280. The Labute approximate surface area is 374 Å². The van der Waals surface area contributed by atoms with Crippen molar-refractivity contribution in [3.05, 3.63) is 52.8 Å². The first-order valence-corrected chi connectivity index (χ1v) is 22.5. The number of aliphatic hydroxyl groups is 2. The highest BCUT2D eigenvalue weighted by molar-refractivity contribution is 6.23. The standard InChI is InChI=1S/C49H65N3O12/c1-23-12-11-13-24(2)47(60)51-38-33(22-50-52(9)49-19-30-16-31(20-49)18-32(17-30)21-49)42(57)35-36(43(38)58)41(56)28(6)45-37(35)46(59)48(8,64-45)62-15-14-34(61-10)25(3)44(63-29(7)53)27(5)40(55)26(4)39(23)54/h11-15,22-23,25-27,30-32,34,39-40,44,54-58H,16-21H2,1-10H3,(H,51,60)/b12-11?,15-14?,24-13?,50-22+. The molecule has 348 valence electrons. The molecular weight excluding hydrogens is 823 g/mol. The minimum Gasteiger partial charge on any atom is -0.507 e. The molecular formula is C49H65N3O12. The van der Waals surface area contributed by atoms with Gasteiger partial charge in [0.1, 0.15) is 23.4 Å². The third kappa shape index (κ3) is 8.23. The third-order valence-electron chi connectivity index (χ3n) is 15.1. The Morgan fingerprint density at radius 1 is 0.906 bits per heavy atom. The molecule has 0 spiro atoms. The number of phenolic OH excluding ortho intramolecular Hbond substituents is 3. The zero-order valence-corrected chi connectivity index (χ0v) is 38.5. The van der Waals surface area contributed by atoms with Crippen molar-refractivity contribution in [2.24, 2.45) is 46.5 Å². The molecule has 2 aromatic rings. The van der Waals surface area contributed by atoms with Crippen LogP contribution in [0.5, 0.6) is 23.0 Å². The summed E-state index contributed by atoms with van der Waals surface area (Å²) in [4.78, 5) is 41.0. The van der Waals surface area contributed by atoms with Gasteiger partial charge >= 0.3 is 11.8 Å². The maximum Gasteiger partial charge on any atom is 0.312 e. The third-order valence-corrected chi connectivity index (χ3v) is 15.1. The number of phenols is 3. The summed E-state index contributed by atoms with van der Waals surface area (Å²) in [5.41, 5.74) is -0.421. The summed E-state index contributed by atoms with van der Waals surface area (Å²) in [6, 6.07) is 0. The van der Waals surface area contributed by atoms with Crippen LogP contribution in [0, 0.1) is 48.3 Å². The van der Waals surface area contributed by atoms with Crippen molar-refractivity contribution in [1.29, 1.82) is 0 Å². The number of fused-ring (bicyclic) bond motifs is 14. The van der Waals surface area contributed by atoms with E-state index in [1.54, 1.807) is 46.8 Å². The highest BCUT2D eigenvalue weighted by Gasteiger charge is 2.53. The van der Waals surface area contributed by atoms with E-state index in [2.05, 4.69) is 5.32 Å². The Balaban J connectivity index is 1.37. The first-order valence-electron chi connectivity index (χ1n) is 22.5. The Morgan fingerprint density at radius 3 is 2.12 bits per heavy atom. The lowest BCUT2D eigenvalue weighted by atomic mass is 9.53. The molecule has 15 heteroatoms. The monoisotopic (exact) mass is 887 g/mol. The smallest absolute Gasteiger partial charge is 0.312 e. The number of allylic oxidation sites excluding steroid dienone is 2. The van der Waals surface area contributed by atoms with Crippen LogP contribution in [-0.4, -0.2) is 104 Å². The number of Topliss-reactive ketones (excluding diaryl/α,β-unsaturated/α-hetero) is 1. The molecule has 9 bridgehead atoms. The first-order chi connectivity index (χ1) is 30.1. The second-order valence-corrected chi connectivity index (χ2v) is 19.5. The van der Waals surface area contributed by atoms with E-state index < -0.39 is 88.8 Å². The number of benzene rings is 2. The second-order valence-electron chi connectivity index (χ2n) is 19.5. The van der Waals surface area contributed by atoms with Crippen molar-refractivity contribution in [3.8, 4) is 23.0 Å². The number of anilines is 1. The van der Waals surface area contributed by atoms with Crippen molar-refractivity contribution in [1.82, 2.24) is 5.01 Å². The van der Waals surface area contributed by atoms with Crippen LogP contribution in [0.4, 0.5) is 5.69 Å². The lowest BCUT2D eigenvalue weighted by Crippen LogP contribution is -2.57. The number of hydrogen-bond donors (Lipinski definition) is 6. The number of hydrogen-bond acceptors (Lipinski definition) is 14. The molecule has 4 fully saturated rings. The minimum atomic E-state index is -2.04. The lowest BCUT2D eigenvalue weighted by Gasteiger charge is -2.59. The van der Waals surface area contributed by atoms with E-state index in [1.165, 1.54) is 71.8 Å². The predicted molar refractivity (Wildman–Crippen MR) is 240 cm³/mol. The van der Waals surface area contributed by atoms with Crippen LogP contribution in [-0.2, 0) is 23.8 Å². The number of rotatable bonds is 5. The number of ketones is 1. The molecule has 9 unspecified atom stereocenters. The molecule has 4 aliphatic carbocycles. The molecule has 6 N–H and O–H groups in total. The number of esters is 1. The van der Waals surface area contributed by atoms with Gasteiger partial charge in [0, 0.05) is 68.2 Å². The fourth-order valence-electron chi connectivity index (χ4n) is 11.6. The average molecular weight is 888 g/mol. The zero-order valence-electron chi connectivity index (χ0n) is 38.5. The van der Waals surface area contributed by atoms with Gasteiger partial charge in [-0.25, -0.2) is 0 Å². The Hall–Kier alpha value is -5.12. The predicted octanol–water partition coefficient (Wildman–Crippen LogP) is 6.99. The number of aromatic hydroxyl groups is 3. The molecule has 7 aliphatic rings. The molecule has 0 radical (unpaired) electrons. The number of hydrazone groups is 1.